The first-order chi connectivity index (χ1) is 10.5. The molecule has 22 heavy (non-hydrogen) atoms. The Morgan fingerprint density at radius 2 is 2.00 bits per heavy atom. The van der Waals surface area contributed by atoms with Crippen LogP contribution in [-0.4, -0.2) is 44.2 Å². The van der Waals surface area contributed by atoms with Crippen LogP contribution in [0.15, 0.2) is 18.2 Å². The van der Waals surface area contributed by atoms with Gasteiger partial charge in [-0.05, 0) is 50.1 Å². The minimum Gasteiger partial charge on any atom is -0.494 e. The maximum atomic E-state index is 11.5. The van der Waals surface area contributed by atoms with Gasteiger partial charge in [-0.3, -0.25) is 4.79 Å². The molecule has 1 unspecified atom stereocenters. The summed E-state index contributed by atoms with van der Waals surface area (Å²) < 4.78 is 10.6. The van der Waals surface area contributed by atoms with Gasteiger partial charge < -0.3 is 14.4 Å². The Labute approximate surface area is 134 Å². The Morgan fingerprint density at radius 1 is 1.27 bits per heavy atom. The number of methoxy groups -OCH3 is 1. The zero-order valence-corrected chi connectivity index (χ0v) is 14.5. The van der Waals surface area contributed by atoms with Crippen molar-refractivity contribution in [2.75, 3.05) is 33.4 Å². The molecule has 0 saturated carbocycles. The van der Waals surface area contributed by atoms with Crippen LogP contribution in [-0.2, 0) is 9.53 Å². The van der Waals surface area contributed by atoms with Crippen molar-refractivity contribution in [3.05, 3.63) is 29.3 Å². The highest BCUT2D eigenvalue weighted by Crippen LogP contribution is 2.16. The summed E-state index contributed by atoms with van der Waals surface area (Å²) in [5, 5.41) is 0. The maximum absolute atomic E-state index is 11.5. The first kappa shape index (κ1) is 18.5. The molecule has 124 valence electrons. The number of hydrogen-bond acceptors (Lipinski definition) is 4. The number of esters is 1. The van der Waals surface area contributed by atoms with E-state index in [1.54, 1.807) is 0 Å². The van der Waals surface area contributed by atoms with Gasteiger partial charge in [-0.25, -0.2) is 0 Å². The third-order valence-electron chi connectivity index (χ3n) is 3.95. The number of nitrogens with zero attached hydrogens (tertiary/aromatic N) is 1. The number of rotatable bonds is 9. The van der Waals surface area contributed by atoms with Crippen molar-refractivity contribution < 1.29 is 14.3 Å². The predicted molar refractivity (Wildman–Crippen MR) is 89.3 cm³/mol. The van der Waals surface area contributed by atoms with Crippen LogP contribution < -0.4 is 4.74 Å². The minimum atomic E-state index is -0.148. The highest BCUT2D eigenvalue weighted by atomic mass is 16.5. The average Bonchev–Trinajstić information content (AvgIpc) is 2.52. The molecule has 1 aromatic rings. The molecule has 0 aliphatic rings. The fourth-order valence-corrected chi connectivity index (χ4v) is 2.32. The lowest BCUT2D eigenvalue weighted by atomic mass is 10.1. The summed E-state index contributed by atoms with van der Waals surface area (Å²) in [6, 6.07) is 6.17. The Balaban J connectivity index is 2.32. The smallest absolute Gasteiger partial charge is 0.309 e. The summed E-state index contributed by atoms with van der Waals surface area (Å²) in [7, 11) is 1.44. The number of carbonyl (C=O) groups is 1. The van der Waals surface area contributed by atoms with Gasteiger partial charge >= 0.3 is 5.97 Å². The lowest BCUT2D eigenvalue weighted by Crippen LogP contribution is -2.33. The molecular formula is C18H29NO3. The van der Waals surface area contributed by atoms with E-state index in [1.807, 2.05) is 13.0 Å². The third kappa shape index (κ3) is 6.06. The van der Waals surface area contributed by atoms with Crippen LogP contribution in [0.1, 0.15) is 31.4 Å². The molecule has 0 spiro atoms. The first-order valence-corrected chi connectivity index (χ1v) is 7.98. The molecule has 1 atom stereocenters. The van der Waals surface area contributed by atoms with Gasteiger partial charge in [0.05, 0.1) is 19.6 Å². The van der Waals surface area contributed by atoms with Crippen molar-refractivity contribution >= 4 is 5.97 Å². The zero-order valence-electron chi connectivity index (χ0n) is 14.5. The topological polar surface area (TPSA) is 38.8 Å². The first-order valence-electron chi connectivity index (χ1n) is 7.98. The molecule has 0 saturated heterocycles. The molecule has 0 aromatic heterocycles. The molecule has 1 rings (SSSR count). The van der Waals surface area contributed by atoms with Gasteiger partial charge in [0, 0.05) is 13.1 Å². The third-order valence-corrected chi connectivity index (χ3v) is 3.95. The van der Waals surface area contributed by atoms with E-state index in [-0.39, 0.29) is 11.9 Å². The summed E-state index contributed by atoms with van der Waals surface area (Å²) in [6.45, 7) is 11.5. The van der Waals surface area contributed by atoms with Crippen LogP contribution in [0, 0.1) is 19.8 Å². The summed E-state index contributed by atoms with van der Waals surface area (Å²) in [4.78, 5) is 13.7. The van der Waals surface area contributed by atoms with Crippen LogP contribution >= 0.6 is 0 Å². The second-order valence-electron chi connectivity index (χ2n) is 5.77. The molecule has 0 radical (unpaired) electrons. The van der Waals surface area contributed by atoms with Gasteiger partial charge in [0.1, 0.15) is 5.75 Å². The predicted octanol–water partition coefficient (Wildman–Crippen LogP) is 3.20. The molecule has 1 aromatic carbocycles. The van der Waals surface area contributed by atoms with Gasteiger partial charge in [-0.2, -0.15) is 0 Å². The second kappa shape index (κ2) is 9.46. The van der Waals surface area contributed by atoms with Gasteiger partial charge in [0.15, 0.2) is 0 Å². The van der Waals surface area contributed by atoms with E-state index in [0.29, 0.717) is 6.61 Å². The summed E-state index contributed by atoms with van der Waals surface area (Å²) in [5.74, 6) is 0.685. The molecule has 4 nitrogen and oxygen atoms in total. The summed E-state index contributed by atoms with van der Waals surface area (Å²) >= 11 is 0. The number of ether oxygens (including phenoxy) is 2. The monoisotopic (exact) mass is 307 g/mol. The Kier molecular flexibility index (Phi) is 7.96. The van der Waals surface area contributed by atoms with Crippen molar-refractivity contribution in [1.29, 1.82) is 0 Å². The fraction of sp³-hybridized carbons (Fsp3) is 0.611. The van der Waals surface area contributed by atoms with E-state index in [4.69, 9.17) is 9.47 Å². The lowest BCUT2D eigenvalue weighted by molar-refractivity contribution is -0.145. The van der Waals surface area contributed by atoms with Crippen LogP contribution in [0.2, 0.25) is 0 Å². The maximum Gasteiger partial charge on any atom is 0.309 e. The molecular weight excluding hydrogens is 278 g/mol. The molecule has 0 bridgehead atoms. The SMILES string of the molecule is CCN(CCCOc1ccc(C)c(C)c1)CC(C)C(=O)OC. The van der Waals surface area contributed by atoms with Crippen molar-refractivity contribution in [2.45, 2.75) is 34.1 Å². The lowest BCUT2D eigenvalue weighted by Gasteiger charge is -2.23. The zero-order chi connectivity index (χ0) is 16.5. The Hall–Kier alpha value is -1.55. The Bertz CT molecular complexity index is 473. The molecule has 0 aliphatic heterocycles. The number of hydrogen-bond donors (Lipinski definition) is 0. The van der Waals surface area contributed by atoms with E-state index >= 15 is 0 Å². The molecule has 0 amide bonds. The van der Waals surface area contributed by atoms with Crippen LogP contribution in [0.25, 0.3) is 0 Å². The van der Waals surface area contributed by atoms with Crippen LogP contribution in [0.3, 0.4) is 0 Å². The van der Waals surface area contributed by atoms with E-state index in [0.717, 1.165) is 31.8 Å². The molecule has 0 fully saturated rings. The quantitative estimate of drug-likeness (QED) is 0.519. The molecule has 0 heterocycles. The van der Waals surface area contributed by atoms with Crippen molar-refractivity contribution in [2.24, 2.45) is 5.92 Å². The minimum absolute atomic E-state index is 0.0920. The number of carbonyl (C=O) groups excluding carboxylic acids is 1. The fourth-order valence-electron chi connectivity index (χ4n) is 2.32. The molecule has 0 aliphatic carbocycles. The van der Waals surface area contributed by atoms with Crippen molar-refractivity contribution in [3.8, 4) is 5.75 Å². The highest BCUT2D eigenvalue weighted by Gasteiger charge is 2.16. The molecule has 0 N–H and O–H groups in total. The summed E-state index contributed by atoms with van der Waals surface area (Å²) in [6.07, 6.45) is 0.939. The van der Waals surface area contributed by atoms with E-state index in [9.17, 15) is 4.79 Å². The normalized spacial score (nSPS) is 12.3. The van der Waals surface area contributed by atoms with Gasteiger partial charge in [-0.15, -0.1) is 0 Å². The molecule has 4 heteroatoms. The summed E-state index contributed by atoms with van der Waals surface area (Å²) in [5.41, 5.74) is 2.53. The number of aryl methyl sites for hydroxylation is 2. The van der Waals surface area contributed by atoms with Crippen molar-refractivity contribution in [1.82, 2.24) is 4.90 Å². The van der Waals surface area contributed by atoms with Crippen LogP contribution in [0.4, 0.5) is 0 Å². The Morgan fingerprint density at radius 3 is 2.59 bits per heavy atom. The van der Waals surface area contributed by atoms with Crippen LogP contribution in [0.5, 0.6) is 5.75 Å². The number of benzene rings is 1. The average molecular weight is 307 g/mol. The van der Waals surface area contributed by atoms with E-state index in [1.165, 1.54) is 18.2 Å². The van der Waals surface area contributed by atoms with Crippen molar-refractivity contribution in [3.63, 3.8) is 0 Å². The van der Waals surface area contributed by atoms with E-state index in [2.05, 4.69) is 37.8 Å². The largest absolute Gasteiger partial charge is 0.494 e. The second-order valence-corrected chi connectivity index (χ2v) is 5.77. The van der Waals surface area contributed by atoms with Gasteiger partial charge in [-0.1, -0.05) is 19.9 Å². The van der Waals surface area contributed by atoms with E-state index < -0.39 is 0 Å². The standard InChI is InChI=1S/C18H29NO3/c1-6-19(13-16(4)18(20)21-5)10-7-11-22-17-9-8-14(2)15(3)12-17/h8-9,12,16H,6-7,10-11,13H2,1-5H3. The van der Waals surface area contributed by atoms with Gasteiger partial charge in [0.25, 0.3) is 0 Å². The van der Waals surface area contributed by atoms with Gasteiger partial charge in [0.2, 0.25) is 0 Å². The highest BCUT2D eigenvalue weighted by molar-refractivity contribution is 5.72.